The minimum Gasteiger partial charge on any atom is -0.492 e. The number of aryl methyl sites for hydroxylation is 1. The lowest BCUT2D eigenvalue weighted by atomic mass is 10.2. The van der Waals surface area contributed by atoms with E-state index in [4.69, 9.17) is 9.47 Å². The number of hydrogen-bond acceptors (Lipinski definition) is 8. The van der Waals surface area contributed by atoms with Gasteiger partial charge in [-0.3, -0.25) is 4.79 Å². The van der Waals surface area contributed by atoms with Crippen molar-refractivity contribution in [3.63, 3.8) is 0 Å². The van der Waals surface area contributed by atoms with Crippen molar-refractivity contribution in [2.24, 2.45) is 0 Å². The first-order valence-corrected chi connectivity index (χ1v) is 11.6. The van der Waals surface area contributed by atoms with Crippen molar-refractivity contribution in [2.75, 3.05) is 18.5 Å². The normalized spacial score (nSPS) is 10.9. The third kappa shape index (κ3) is 5.17. The number of carbonyl (C=O) groups is 1. The molecule has 2 N–H and O–H groups in total. The molecule has 0 spiro atoms. The van der Waals surface area contributed by atoms with Gasteiger partial charge in [-0.2, -0.15) is 5.10 Å². The molecule has 0 aliphatic carbocycles. The van der Waals surface area contributed by atoms with Crippen LogP contribution in [-0.4, -0.2) is 43.6 Å². The molecule has 2 aromatic carbocycles. The number of amides is 1. The maximum atomic E-state index is 11.4. The average molecular weight is 484 g/mol. The average Bonchev–Trinajstić information content (AvgIpc) is 3.36. The first-order chi connectivity index (χ1) is 17.6. The van der Waals surface area contributed by atoms with Gasteiger partial charge in [0.25, 0.3) is 0 Å². The number of nitrogens with one attached hydrogen (secondary N) is 2. The molecule has 1 amide bonds. The Morgan fingerprint density at radius 3 is 2.78 bits per heavy atom. The van der Waals surface area contributed by atoms with E-state index in [0.29, 0.717) is 42.5 Å². The predicted molar refractivity (Wildman–Crippen MR) is 136 cm³/mol. The lowest BCUT2D eigenvalue weighted by Crippen LogP contribution is -2.27. The van der Waals surface area contributed by atoms with E-state index in [1.54, 1.807) is 4.52 Å². The summed E-state index contributed by atoms with van der Waals surface area (Å²) in [4.78, 5) is 24.4. The van der Waals surface area contributed by atoms with E-state index >= 15 is 0 Å². The second-order valence-electron chi connectivity index (χ2n) is 8.09. The molecule has 0 saturated heterocycles. The summed E-state index contributed by atoms with van der Waals surface area (Å²) in [6.07, 6.45) is 5.29. The van der Waals surface area contributed by atoms with E-state index in [9.17, 15) is 4.79 Å². The Morgan fingerprint density at radius 2 is 1.92 bits per heavy atom. The van der Waals surface area contributed by atoms with Crippen molar-refractivity contribution >= 4 is 34.0 Å². The van der Waals surface area contributed by atoms with Crippen LogP contribution in [0, 0.1) is 6.92 Å². The van der Waals surface area contributed by atoms with Gasteiger partial charge in [0.1, 0.15) is 42.3 Å². The Balaban J connectivity index is 1.30. The van der Waals surface area contributed by atoms with E-state index in [1.165, 1.54) is 12.7 Å². The maximum Gasteiger partial charge on any atom is 0.219 e. The van der Waals surface area contributed by atoms with E-state index in [1.807, 2.05) is 68.6 Å². The molecule has 0 aliphatic rings. The van der Waals surface area contributed by atoms with Gasteiger partial charge in [0.05, 0.1) is 12.1 Å². The second kappa shape index (κ2) is 10.3. The van der Waals surface area contributed by atoms with Gasteiger partial charge in [-0.1, -0.05) is 6.92 Å². The van der Waals surface area contributed by atoms with Crippen LogP contribution in [0.3, 0.4) is 0 Å². The highest BCUT2D eigenvalue weighted by Gasteiger charge is 2.09. The predicted octanol–water partition coefficient (Wildman–Crippen LogP) is 4.42. The fourth-order valence-electron chi connectivity index (χ4n) is 3.67. The highest BCUT2D eigenvalue weighted by atomic mass is 16.5. The summed E-state index contributed by atoms with van der Waals surface area (Å²) in [5.41, 5.74) is 3.33. The topological polar surface area (TPSA) is 116 Å². The Kier molecular flexibility index (Phi) is 6.57. The largest absolute Gasteiger partial charge is 0.492 e. The standard InChI is InChI=1S/C26H25N7O3/c1-3-25(34)27-9-11-35-19-5-6-22-21(13-19)26(30-15-28-22)32-18-4-7-23(17(2)12-18)36-20-8-10-33-24(14-20)29-16-31-33/h4-8,10,12-16H,3,9,11H2,1-2H3,(H,27,34)(H,28,30,32). The maximum absolute atomic E-state index is 11.4. The quantitative estimate of drug-likeness (QED) is 0.296. The van der Waals surface area contributed by atoms with Gasteiger partial charge in [-0.15, -0.1) is 0 Å². The summed E-state index contributed by atoms with van der Waals surface area (Å²) in [5, 5.41) is 11.1. The van der Waals surface area contributed by atoms with Gasteiger partial charge < -0.3 is 20.1 Å². The van der Waals surface area contributed by atoms with Crippen molar-refractivity contribution in [1.29, 1.82) is 0 Å². The van der Waals surface area contributed by atoms with Gasteiger partial charge in [-0.05, 0) is 55.0 Å². The number of hydrogen-bond donors (Lipinski definition) is 2. The molecular formula is C26H25N7O3. The lowest BCUT2D eigenvalue weighted by Gasteiger charge is -2.13. The van der Waals surface area contributed by atoms with Crippen molar-refractivity contribution in [1.82, 2.24) is 29.9 Å². The van der Waals surface area contributed by atoms with E-state index in [0.717, 1.165) is 27.9 Å². The minimum absolute atomic E-state index is 0.0000930. The molecule has 0 atom stereocenters. The van der Waals surface area contributed by atoms with Crippen LogP contribution in [0.25, 0.3) is 16.6 Å². The van der Waals surface area contributed by atoms with Crippen LogP contribution in [0.2, 0.25) is 0 Å². The van der Waals surface area contributed by atoms with E-state index in [-0.39, 0.29) is 5.91 Å². The molecule has 36 heavy (non-hydrogen) atoms. The fourth-order valence-corrected chi connectivity index (χ4v) is 3.67. The molecule has 0 unspecified atom stereocenters. The zero-order valence-electron chi connectivity index (χ0n) is 19.9. The lowest BCUT2D eigenvalue weighted by molar-refractivity contribution is -0.120. The number of nitrogens with zero attached hydrogens (tertiary/aromatic N) is 5. The monoisotopic (exact) mass is 483 g/mol. The highest BCUT2D eigenvalue weighted by Crippen LogP contribution is 2.31. The smallest absolute Gasteiger partial charge is 0.219 e. The molecule has 5 rings (SSSR count). The summed E-state index contributed by atoms with van der Waals surface area (Å²) in [5.74, 6) is 2.76. The van der Waals surface area contributed by atoms with Crippen LogP contribution in [0.1, 0.15) is 18.9 Å². The Morgan fingerprint density at radius 1 is 1.00 bits per heavy atom. The van der Waals surface area contributed by atoms with Crippen molar-refractivity contribution < 1.29 is 14.3 Å². The van der Waals surface area contributed by atoms with Crippen LogP contribution < -0.4 is 20.1 Å². The van der Waals surface area contributed by atoms with E-state index < -0.39 is 0 Å². The minimum atomic E-state index is 0.0000930. The van der Waals surface area contributed by atoms with Crippen molar-refractivity contribution in [3.05, 3.63) is 72.9 Å². The summed E-state index contributed by atoms with van der Waals surface area (Å²) in [6.45, 7) is 4.62. The van der Waals surface area contributed by atoms with E-state index in [2.05, 4.69) is 30.7 Å². The zero-order chi connectivity index (χ0) is 24.9. The molecule has 0 fully saturated rings. The third-order valence-corrected chi connectivity index (χ3v) is 5.54. The van der Waals surface area contributed by atoms with Crippen LogP contribution in [-0.2, 0) is 4.79 Å². The molecule has 10 nitrogen and oxygen atoms in total. The molecule has 0 radical (unpaired) electrons. The second-order valence-corrected chi connectivity index (χ2v) is 8.09. The van der Waals surface area contributed by atoms with Gasteiger partial charge in [0.15, 0.2) is 5.65 Å². The molecule has 3 heterocycles. The summed E-state index contributed by atoms with van der Waals surface area (Å²) < 4.78 is 13.6. The molecular weight excluding hydrogens is 458 g/mol. The van der Waals surface area contributed by atoms with Gasteiger partial charge in [0.2, 0.25) is 5.91 Å². The Bertz CT molecular complexity index is 1530. The number of anilines is 2. The molecule has 0 bridgehead atoms. The molecule has 5 aromatic rings. The van der Waals surface area contributed by atoms with Crippen molar-refractivity contribution in [2.45, 2.75) is 20.3 Å². The van der Waals surface area contributed by atoms with Gasteiger partial charge in [0, 0.05) is 29.8 Å². The van der Waals surface area contributed by atoms with Gasteiger partial charge in [-0.25, -0.2) is 19.5 Å². The number of rotatable bonds is 9. The molecule has 3 aromatic heterocycles. The van der Waals surface area contributed by atoms with Crippen LogP contribution in [0.4, 0.5) is 11.5 Å². The first kappa shape index (κ1) is 23.0. The SMILES string of the molecule is CCC(=O)NCCOc1ccc2ncnc(Nc3ccc(Oc4ccn5ncnc5c4)c(C)c3)c2c1. The van der Waals surface area contributed by atoms with Gasteiger partial charge >= 0.3 is 0 Å². The number of ether oxygens (including phenoxy) is 2. The Hall–Kier alpha value is -4.73. The van der Waals surface area contributed by atoms with Crippen LogP contribution >= 0.6 is 0 Å². The number of pyridine rings is 1. The number of aromatic nitrogens is 5. The molecule has 0 aliphatic heterocycles. The number of carbonyl (C=O) groups excluding carboxylic acids is 1. The summed E-state index contributed by atoms with van der Waals surface area (Å²) >= 11 is 0. The molecule has 182 valence electrons. The number of benzene rings is 2. The van der Waals surface area contributed by atoms with Crippen LogP contribution in [0.5, 0.6) is 17.2 Å². The fraction of sp³-hybridized carbons (Fsp3) is 0.192. The highest BCUT2D eigenvalue weighted by molar-refractivity contribution is 5.91. The molecule has 0 saturated carbocycles. The third-order valence-electron chi connectivity index (χ3n) is 5.54. The Labute approximate surface area is 207 Å². The zero-order valence-corrected chi connectivity index (χ0v) is 19.9. The molecule has 10 heteroatoms. The van der Waals surface area contributed by atoms with Crippen LogP contribution in [0.15, 0.2) is 67.4 Å². The summed E-state index contributed by atoms with van der Waals surface area (Å²) in [6, 6.07) is 15.2. The van der Waals surface area contributed by atoms with Crippen molar-refractivity contribution in [3.8, 4) is 17.2 Å². The first-order valence-electron chi connectivity index (χ1n) is 11.6. The summed E-state index contributed by atoms with van der Waals surface area (Å²) in [7, 11) is 0. The number of fused-ring (bicyclic) bond motifs is 2.